The van der Waals surface area contributed by atoms with E-state index in [1.54, 1.807) is 17.4 Å². The Labute approximate surface area is 77.0 Å². The number of hydrogen-bond donors (Lipinski definition) is 2. The van der Waals surface area contributed by atoms with E-state index in [-0.39, 0.29) is 0 Å². The van der Waals surface area contributed by atoms with Gasteiger partial charge in [-0.1, -0.05) is 19.9 Å². The molecule has 66 valence electrons. The highest BCUT2D eigenvalue weighted by atomic mass is 32.1. The van der Waals surface area contributed by atoms with Crippen LogP contribution < -0.4 is 5.46 Å². The molecule has 0 aliphatic carbocycles. The lowest BCUT2D eigenvalue weighted by molar-refractivity contribution is 0.425. The van der Waals surface area contributed by atoms with Crippen LogP contribution in [0.5, 0.6) is 0 Å². The average molecular weight is 184 g/mol. The minimum Gasteiger partial charge on any atom is -0.423 e. The minimum atomic E-state index is -1.32. The summed E-state index contributed by atoms with van der Waals surface area (Å²) in [4.78, 5) is 1.09. The summed E-state index contributed by atoms with van der Waals surface area (Å²) in [6, 6.07) is 1.77. The van der Waals surface area contributed by atoms with E-state index in [9.17, 15) is 0 Å². The van der Waals surface area contributed by atoms with E-state index >= 15 is 0 Å². The van der Waals surface area contributed by atoms with Gasteiger partial charge in [0.25, 0.3) is 0 Å². The number of thiophene rings is 1. The first-order valence-electron chi connectivity index (χ1n) is 4.10. The van der Waals surface area contributed by atoms with Crippen LogP contribution in [-0.2, 0) is 0 Å². The molecule has 2 nitrogen and oxygen atoms in total. The largest absolute Gasteiger partial charge is 0.489 e. The fourth-order valence-corrected chi connectivity index (χ4v) is 2.20. The Bertz CT molecular complexity index is 247. The van der Waals surface area contributed by atoms with Crippen molar-refractivity contribution in [3.8, 4) is 0 Å². The van der Waals surface area contributed by atoms with Crippen molar-refractivity contribution >= 4 is 23.9 Å². The molecule has 0 aliphatic rings. The van der Waals surface area contributed by atoms with Crippen LogP contribution in [0.2, 0.25) is 0 Å². The Balaban J connectivity index is 2.91. The lowest BCUT2D eigenvalue weighted by Gasteiger charge is -2.08. The maximum atomic E-state index is 9.00. The van der Waals surface area contributed by atoms with Crippen LogP contribution in [0, 0.1) is 0 Å². The van der Waals surface area contributed by atoms with Crippen molar-refractivity contribution in [2.45, 2.75) is 26.2 Å². The summed E-state index contributed by atoms with van der Waals surface area (Å²) in [7, 11) is -1.32. The molecule has 0 radical (unpaired) electrons. The van der Waals surface area contributed by atoms with E-state index in [2.05, 4.69) is 13.8 Å². The van der Waals surface area contributed by atoms with Crippen molar-refractivity contribution in [1.29, 1.82) is 0 Å². The second-order valence-corrected chi connectivity index (χ2v) is 3.87. The predicted molar refractivity (Wildman–Crippen MR) is 52.9 cm³/mol. The molecule has 0 aliphatic heterocycles. The Morgan fingerprint density at radius 2 is 2.25 bits per heavy atom. The van der Waals surface area contributed by atoms with Crippen LogP contribution in [-0.4, -0.2) is 17.2 Å². The molecular formula is C8H13BO2S. The van der Waals surface area contributed by atoms with Gasteiger partial charge in [0.05, 0.1) is 0 Å². The lowest BCUT2D eigenvalue weighted by atomic mass is 9.78. The summed E-state index contributed by atoms with van der Waals surface area (Å²) >= 11 is 1.59. The van der Waals surface area contributed by atoms with Crippen molar-refractivity contribution in [3.05, 3.63) is 16.3 Å². The standard InChI is InChI=1S/C8H13BO2S/c1-3-6(2)8-7(9(10)11)4-5-12-8/h4-6,10-11H,3H2,1-2H3. The van der Waals surface area contributed by atoms with Gasteiger partial charge in [0.2, 0.25) is 0 Å². The highest BCUT2D eigenvalue weighted by Crippen LogP contribution is 2.21. The lowest BCUT2D eigenvalue weighted by Crippen LogP contribution is -2.31. The van der Waals surface area contributed by atoms with Gasteiger partial charge in [0.15, 0.2) is 0 Å². The van der Waals surface area contributed by atoms with Gasteiger partial charge in [0, 0.05) is 4.88 Å². The van der Waals surface area contributed by atoms with Crippen molar-refractivity contribution < 1.29 is 10.0 Å². The Morgan fingerprint density at radius 3 is 2.75 bits per heavy atom. The molecule has 0 fully saturated rings. The summed E-state index contributed by atoms with van der Waals surface area (Å²) in [5.74, 6) is 0.418. The number of rotatable bonds is 3. The van der Waals surface area contributed by atoms with E-state index < -0.39 is 7.12 Å². The zero-order valence-electron chi connectivity index (χ0n) is 7.32. The minimum absolute atomic E-state index is 0.418. The molecule has 0 amide bonds. The van der Waals surface area contributed by atoms with Gasteiger partial charge in [-0.05, 0) is 23.2 Å². The van der Waals surface area contributed by atoms with E-state index in [1.165, 1.54) is 0 Å². The van der Waals surface area contributed by atoms with Crippen molar-refractivity contribution in [3.63, 3.8) is 0 Å². The fourth-order valence-electron chi connectivity index (χ4n) is 1.13. The molecule has 1 unspecified atom stereocenters. The molecule has 1 heterocycles. The molecule has 1 atom stereocenters. The average Bonchev–Trinajstić information content (AvgIpc) is 2.50. The molecule has 1 aromatic heterocycles. The second kappa shape index (κ2) is 4.07. The van der Waals surface area contributed by atoms with E-state index in [4.69, 9.17) is 10.0 Å². The molecule has 0 bridgehead atoms. The normalized spacial score (nSPS) is 13.0. The molecule has 12 heavy (non-hydrogen) atoms. The van der Waals surface area contributed by atoms with Gasteiger partial charge < -0.3 is 10.0 Å². The molecule has 2 N–H and O–H groups in total. The van der Waals surface area contributed by atoms with Crippen LogP contribution in [0.1, 0.15) is 31.1 Å². The van der Waals surface area contributed by atoms with Crippen molar-refractivity contribution in [2.24, 2.45) is 0 Å². The third kappa shape index (κ3) is 1.89. The quantitative estimate of drug-likeness (QED) is 0.686. The van der Waals surface area contributed by atoms with Crippen molar-refractivity contribution in [2.75, 3.05) is 0 Å². The molecule has 0 spiro atoms. The third-order valence-corrected chi connectivity index (χ3v) is 3.23. The van der Waals surface area contributed by atoms with Gasteiger partial charge in [-0.3, -0.25) is 0 Å². The van der Waals surface area contributed by atoms with E-state index in [1.807, 2.05) is 5.38 Å². The second-order valence-electron chi connectivity index (χ2n) is 2.92. The SMILES string of the molecule is CCC(C)c1sccc1B(O)O. The molecule has 0 saturated carbocycles. The van der Waals surface area contributed by atoms with Gasteiger partial charge >= 0.3 is 7.12 Å². The highest BCUT2D eigenvalue weighted by molar-refractivity contribution is 7.11. The summed E-state index contributed by atoms with van der Waals surface area (Å²) in [5, 5.41) is 19.9. The zero-order valence-corrected chi connectivity index (χ0v) is 8.14. The van der Waals surface area contributed by atoms with E-state index in [0.717, 1.165) is 11.3 Å². The zero-order chi connectivity index (χ0) is 9.14. The van der Waals surface area contributed by atoms with Gasteiger partial charge in [-0.15, -0.1) is 11.3 Å². The smallest absolute Gasteiger partial charge is 0.423 e. The Kier molecular flexibility index (Phi) is 3.32. The van der Waals surface area contributed by atoms with Crippen LogP contribution in [0.4, 0.5) is 0 Å². The van der Waals surface area contributed by atoms with Crippen LogP contribution in [0.25, 0.3) is 0 Å². The number of hydrogen-bond acceptors (Lipinski definition) is 3. The topological polar surface area (TPSA) is 40.5 Å². The first-order chi connectivity index (χ1) is 5.66. The molecule has 1 rings (SSSR count). The van der Waals surface area contributed by atoms with Crippen LogP contribution >= 0.6 is 11.3 Å². The van der Waals surface area contributed by atoms with Gasteiger partial charge in [0.1, 0.15) is 0 Å². The Hall–Kier alpha value is -0.315. The predicted octanol–water partition coefficient (Wildman–Crippen LogP) is 0.941. The van der Waals surface area contributed by atoms with Crippen molar-refractivity contribution in [1.82, 2.24) is 0 Å². The van der Waals surface area contributed by atoms with Gasteiger partial charge in [-0.2, -0.15) is 0 Å². The fraction of sp³-hybridized carbons (Fsp3) is 0.500. The highest BCUT2D eigenvalue weighted by Gasteiger charge is 2.19. The summed E-state index contributed by atoms with van der Waals surface area (Å²) in [6.07, 6.45) is 1.03. The summed E-state index contributed by atoms with van der Waals surface area (Å²) in [6.45, 7) is 4.19. The molecule has 0 aromatic carbocycles. The summed E-state index contributed by atoms with van der Waals surface area (Å²) < 4.78 is 0. The van der Waals surface area contributed by atoms with Crippen LogP contribution in [0.3, 0.4) is 0 Å². The Morgan fingerprint density at radius 1 is 1.58 bits per heavy atom. The molecular weight excluding hydrogens is 171 g/mol. The van der Waals surface area contributed by atoms with E-state index in [0.29, 0.717) is 11.4 Å². The maximum Gasteiger partial charge on any atom is 0.489 e. The third-order valence-electron chi connectivity index (χ3n) is 2.07. The molecule has 0 saturated heterocycles. The maximum absolute atomic E-state index is 9.00. The molecule has 1 aromatic rings. The molecule has 4 heteroatoms. The summed E-state index contributed by atoms with van der Waals surface area (Å²) in [5.41, 5.74) is 0.661. The first kappa shape index (κ1) is 9.77. The van der Waals surface area contributed by atoms with Gasteiger partial charge in [-0.25, -0.2) is 0 Å². The van der Waals surface area contributed by atoms with Crippen LogP contribution in [0.15, 0.2) is 11.4 Å². The monoisotopic (exact) mass is 184 g/mol. The first-order valence-corrected chi connectivity index (χ1v) is 4.98.